The number of hydrogen-bond acceptors (Lipinski definition) is 2. The molecule has 3 fully saturated rings. The highest BCUT2D eigenvalue weighted by Gasteiger charge is 2.75. The summed E-state index contributed by atoms with van der Waals surface area (Å²) in [4.78, 5) is 0. The SMILES string of the molecule is O=S(=O)(Cl)C12CC(F)(C1)C2. The first-order valence-corrected chi connectivity index (χ1v) is 5.31. The van der Waals surface area contributed by atoms with E-state index in [1.807, 2.05) is 0 Å². The van der Waals surface area contributed by atoms with Crippen molar-refractivity contribution in [3.05, 3.63) is 0 Å². The lowest BCUT2D eigenvalue weighted by molar-refractivity contribution is -0.105. The topological polar surface area (TPSA) is 34.1 Å². The fourth-order valence-electron chi connectivity index (χ4n) is 1.84. The summed E-state index contributed by atoms with van der Waals surface area (Å²) in [5.74, 6) is 0. The Labute approximate surface area is 62.8 Å². The molecule has 0 saturated heterocycles. The van der Waals surface area contributed by atoms with Crippen LogP contribution < -0.4 is 0 Å². The molecular formula is C5H6ClFO2S. The fourth-order valence-corrected chi connectivity index (χ4v) is 3.62. The van der Waals surface area contributed by atoms with Gasteiger partial charge in [0.1, 0.15) is 5.67 Å². The van der Waals surface area contributed by atoms with E-state index in [-0.39, 0.29) is 19.3 Å². The Kier molecular flexibility index (Phi) is 0.936. The van der Waals surface area contributed by atoms with Crippen molar-refractivity contribution >= 4 is 19.7 Å². The van der Waals surface area contributed by atoms with Crippen molar-refractivity contribution in [1.82, 2.24) is 0 Å². The highest BCUT2D eigenvalue weighted by Crippen LogP contribution is 2.67. The Hall–Kier alpha value is 0.170. The number of rotatable bonds is 1. The van der Waals surface area contributed by atoms with Crippen molar-refractivity contribution < 1.29 is 12.8 Å². The average Bonchev–Trinajstić information content (AvgIpc) is 1.51. The summed E-state index contributed by atoms with van der Waals surface area (Å²) in [5, 5.41) is 0. The molecule has 0 spiro atoms. The molecule has 0 atom stereocenters. The summed E-state index contributed by atoms with van der Waals surface area (Å²) in [6.45, 7) is 0. The van der Waals surface area contributed by atoms with Crippen LogP contribution in [0.25, 0.3) is 0 Å². The summed E-state index contributed by atoms with van der Waals surface area (Å²) in [6.07, 6.45) is 0.351. The quantitative estimate of drug-likeness (QED) is 0.574. The molecule has 0 aromatic rings. The lowest BCUT2D eigenvalue weighted by Crippen LogP contribution is -2.71. The minimum atomic E-state index is -3.51. The Morgan fingerprint density at radius 3 is 1.80 bits per heavy atom. The van der Waals surface area contributed by atoms with Crippen molar-refractivity contribution in [3.8, 4) is 0 Å². The highest BCUT2D eigenvalue weighted by molar-refractivity contribution is 8.15. The minimum Gasteiger partial charge on any atom is -0.244 e. The molecule has 2 nitrogen and oxygen atoms in total. The molecule has 0 unspecified atom stereocenters. The van der Waals surface area contributed by atoms with Gasteiger partial charge in [0.2, 0.25) is 9.05 Å². The van der Waals surface area contributed by atoms with Gasteiger partial charge in [0.05, 0.1) is 4.75 Å². The predicted octanol–water partition coefficient (Wildman–Crippen LogP) is 1.20. The van der Waals surface area contributed by atoms with E-state index < -0.39 is 19.5 Å². The van der Waals surface area contributed by atoms with E-state index in [1.165, 1.54) is 0 Å². The van der Waals surface area contributed by atoms with E-state index in [0.717, 1.165) is 0 Å². The van der Waals surface area contributed by atoms with Gasteiger partial charge in [0.15, 0.2) is 0 Å². The molecule has 3 rings (SSSR count). The maximum absolute atomic E-state index is 12.7. The van der Waals surface area contributed by atoms with E-state index in [1.54, 1.807) is 0 Å². The first kappa shape index (κ1) is 6.85. The average molecular weight is 185 g/mol. The van der Waals surface area contributed by atoms with Gasteiger partial charge in [-0.1, -0.05) is 0 Å². The largest absolute Gasteiger partial charge is 0.244 e. The van der Waals surface area contributed by atoms with E-state index in [2.05, 4.69) is 0 Å². The lowest BCUT2D eigenvalue weighted by Gasteiger charge is -2.63. The smallest absolute Gasteiger partial charge is 0.238 e. The van der Waals surface area contributed by atoms with E-state index >= 15 is 0 Å². The summed E-state index contributed by atoms with van der Waals surface area (Å²) in [6, 6.07) is 0. The molecule has 3 aliphatic rings. The van der Waals surface area contributed by atoms with Crippen molar-refractivity contribution in [2.24, 2.45) is 0 Å². The van der Waals surface area contributed by atoms with Crippen molar-refractivity contribution in [2.45, 2.75) is 29.7 Å². The Morgan fingerprint density at radius 2 is 1.70 bits per heavy atom. The van der Waals surface area contributed by atoms with Crippen LogP contribution in [0.3, 0.4) is 0 Å². The molecule has 5 heteroatoms. The number of halogens is 2. The van der Waals surface area contributed by atoms with E-state index in [9.17, 15) is 12.8 Å². The standard InChI is InChI=1S/C5H6ClFO2S/c6-10(8,9)5-1-4(7,2-5)3-5/h1-3H2. The molecule has 0 N–H and O–H groups in total. The minimum absolute atomic E-state index is 0.117. The molecule has 10 heavy (non-hydrogen) atoms. The van der Waals surface area contributed by atoms with Crippen LogP contribution in [0.2, 0.25) is 0 Å². The highest BCUT2D eigenvalue weighted by atomic mass is 35.7. The third kappa shape index (κ3) is 0.569. The monoisotopic (exact) mass is 184 g/mol. The van der Waals surface area contributed by atoms with Crippen LogP contribution >= 0.6 is 10.7 Å². The maximum Gasteiger partial charge on any atom is 0.238 e. The Morgan fingerprint density at radius 1 is 1.30 bits per heavy atom. The van der Waals surface area contributed by atoms with Crippen LogP contribution in [0.1, 0.15) is 19.3 Å². The van der Waals surface area contributed by atoms with Gasteiger partial charge >= 0.3 is 0 Å². The van der Waals surface area contributed by atoms with Gasteiger partial charge in [0, 0.05) is 29.9 Å². The normalized spacial score (nSPS) is 51.4. The van der Waals surface area contributed by atoms with Gasteiger partial charge in [-0.3, -0.25) is 0 Å². The van der Waals surface area contributed by atoms with Gasteiger partial charge < -0.3 is 0 Å². The predicted molar refractivity (Wildman–Crippen MR) is 35.2 cm³/mol. The zero-order valence-corrected chi connectivity index (χ0v) is 6.67. The van der Waals surface area contributed by atoms with Crippen LogP contribution in [0.4, 0.5) is 4.39 Å². The second-order valence-corrected chi connectivity index (χ2v) is 6.26. The van der Waals surface area contributed by atoms with Gasteiger partial charge in [-0.2, -0.15) is 0 Å². The van der Waals surface area contributed by atoms with Crippen LogP contribution in [0.5, 0.6) is 0 Å². The molecule has 58 valence electrons. The van der Waals surface area contributed by atoms with Gasteiger partial charge in [-0.05, 0) is 0 Å². The summed E-state index contributed by atoms with van der Waals surface area (Å²) >= 11 is 0. The third-order valence-corrected chi connectivity index (χ3v) is 4.88. The lowest BCUT2D eigenvalue weighted by atomic mass is 9.53. The molecular weight excluding hydrogens is 179 g/mol. The summed E-state index contributed by atoms with van der Waals surface area (Å²) in [7, 11) is 1.58. The summed E-state index contributed by atoms with van der Waals surface area (Å²) < 4.78 is 33.3. The maximum atomic E-state index is 12.7. The second-order valence-electron chi connectivity index (χ2n) is 3.30. The molecule has 0 radical (unpaired) electrons. The molecule has 3 aliphatic carbocycles. The van der Waals surface area contributed by atoms with Crippen LogP contribution in [-0.2, 0) is 9.05 Å². The van der Waals surface area contributed by atoms with Crippen molar-refractivity contribution in [3.63, 3.8) is 0 Å². The molecule has 0 aromatic carbocycles. The van der Waals surface area contributed by atoms with E-state index in [0.29, 0.717) is 0 Å². The summed E-state index contributed by atoms with van der Waals surface area (Å²) in [5.41, 5.74) is -1.18. The molecule has 0 amide bonds. The van der Waals surface area contributed by atoms with Gasteiger partial charge in [-0.15, -0.1) is 0 Å². The first-order chi connectivity index (χ1) is 4.37. The molecule has 2 bridgehead atoms. The number of alkyl halides is 1. The van der Waals surface area contributed by atoms with Crippen LogP contribution in [-0.4, -0.2) is 18.8 Å². The van der Waals surface area contributed by atoms with Crippen molar-refractivity contribution in [2.75, 3.05) is 0 Å². The van der Waals surface area contributed by atoms with Gasteiger partial charge in [-0.25, -0.2) is 12.8 Å². The van der Waals surface area contributed by atoms with Crippen molar-refractivity contribution in [1.29, 1.82) is 0 Å². The second kappa shape index (κ2) is 1.37. The number of hydrogen-bond donors (Lipinski definition) is 0. The van der Waals surface area contributed by atoms with Crippen LogP contribution in [0.15, 0.2) is 0 Å². The van der Waals surface area contributed by atoms with Crippen LogP contribution in [0, 0.1) is 0 Å². The molecule has 3 saturated carbocycles. The zero-order valence-electron chi connectivity index (χ0n) is 5.10. The molecule has 0 aliphatic heterocycles. The fraction of sp³-hybridized carbons (Fsp3) is 1.00. The molecule has 0 aromatic heterocycles. The zero-order chi connectivity index (χ0) is 7.62. The molecule has 0 heterocycles. The Bertz CT molecular complexity index is 264. The first-order valence-electron chi connectivity index (χ1n) is 3.00. The van der Waals surface area contributed by atoms with Gasteiger partial charge in [0.25, 0.3) is 0 Å². The Balaban J connectivity index is 2.27. The third-order valence-electron chi connectivity index (χ3n) is 2.43. The van der Waals surface area contributed by atoms with E-state index in [4.69, 9.17) is 10.7 Å².